The van der Waals surface area contributed by atoms with E-state index in [1.807, 2.05) is 24.3 Å². The Bertz CT molecular complexity index is 840. The number of sulfonamides is 1. The first-order valence-electron chi connectivity index (χ1n) is 6.83. The second-order valence-electron chi connectivity index (χ2n) is 5.04. The molecule has 0 saturated heterocycles. The van der Waals surface area contributed by atoms with Crippen LogP contribution in [0.5, 0.6) is 0 Å². The lowest BCUT2D eigenvalue weighted by Gasteiger charge is -2.28. The zero-order valence-electron chi connectivity index (χ0n) is 11.8. The standard InChI is InChI=1S/C15H14N4O2S/c16-18-17-14-5-7-15(8-6-14)22(20,21)19-10-9-12-3-1-2-4-13(12)11-19/h1-8H,9-11H2. The maximum absolute atomic E-state index is 12.7. The Morgan fingerprint density at radius 1 is 1.05 bits per heavy atom. The van der Waals surface area contributed by atoms with Gasteiger partial charge in [0.2, 0.25) is 10.0 Å². The Labute approximate surface area is 128 Å². The highest BCUT2D eigenvalue weighted by Gasteiger charge is 2.27. The fraction of sp³-hybridized carbons (Fsp3) is 0.200. The van der Waals surface area contributed by atoms with Crippen molar-refractivity contribution in [1.29, 1.82) is 0 Å². The molecule has 0 bridgehead atoms. The van der Waals surface area contributed by atoms with E-state index in [1.54, 1.807) is 0 Å². The third-order valence-corrected chi connectivity index (χ3v) is 5.59. The van der Waals surface area contributed by atoms with Gasteiger partial charge in [0.05, 0.1) is 4.90 Å². The Morgan fingerprint density at radius 3 is 2.41 bits per heavy atom. The van der Waals surface area contributed by atoms with E-state index in [2.05, 4.69) is 10.0 Å². The topological polar surface area (TPSA) is 86.1 Å². The van der Waals surface area contributed by atoms with Gasteiger partial charge in [-0.25, -0.2) is 8.42 Å². The average molecular weight is 314 g/mol. The van der Waals surface area contributed by atoms with E-state index in [0.717, 1.165) is 5.56 Å². The summed E-state index contributed by atoms with van der Waals surface area (Å²) in [5.74, 6) is 0. The molecule has 0 N–H and O–H groups in total. The van der Waals surface area contributed by atoms with Gasteiger partial charge in [-0.2, -0.15) is 4.31 Å². The van der Waals surface area contributed by atoms with Crippen LogP contribution < -0.4 is 0 Å². The number of nitrogens with zero attached hydrogens (tertiary/aromatic N) is 4. The Morgan fingerprint density at radius 2 is 1.73 bits per heavy atom. The van der Waals surface area contributed by atoms with Crippen molar-refractivity contribution >= 4 is 15.7 Å². The van der Waals surface area contributed by atoms with Crippen molar-refractivity contribution in [2.24, 2.45) is 5.11 Å². The summed E-state index contributed by atoms with van der Waals surface area (Å²) in [6, 6.07) is 13.8. The molecular formula is C15H14N4O2S. The van der Waals surface area contributed by atoms with E-state index in [0.29, 0.717) is 25.2 Å². The van der Waals surface area contributed by atoms with Gasteiger partial charge in [-0.3, -0.25) is 0 Å². The highest BCUT2D eigenvalue weighted by Crippen LogP contribution is 2.26. The van der Waals surface area contributed by atoms with Crippen molar-refractivity contribution in [3.8, 4) is 0 Å². The van der Waals surface area contributed by atoms with Crippen molar-refractivity contribution in [3.63, 3.8) is 0 Å². The lowest BCUT2D eigenvalue weighted by molar-refractivity contribution is 0.391. The van der Waals surface area contributed by atoms with Gasteiger partial charge in [-0.1, -0.05) is 41.5 Å². The molecule has 0 spiro atoms. The molecule has 2 aromatic carbocycles. The van der Waals surface area contributed by atoms with Crippen LogP contribution in [-0.2, 0) is 23.0 Å². The molecule has 0 saturated carbocycles. The fourth-order valence-corrected chi connectivity index (χ4v) is 3.98. The minimum Gasteiger partial charge on any atom is -0.207 e. The second-order valence-corrected chi connectivity index (χ2v) is 6.98. The predicted molar refractivity (Wildman–Crippen MR) is 83.0 cm³/mol. The molecule has 6 nitrogen and oxygen atoms in total. The van der Waals surface area contributed by atoms with E-state index in [-0.39, 0.29) is 4.90 Å². The minimum absolute atomic E-state index is 0.212. The van der Waals surface area contributed by atoms with Crippen molar-refractivity contribution in [2.45, 2.75) is 17.9 Å². The van der Waals surface area contributed by atoms with E-state index in [1.165, 1.54) is 34.1 Å². The summed E-state index contributed by atoms with van der Waals surface area (Å²) in [5.41, 5.74) is 11.0. The molecule has 0 aromatic heterocycles. The van der Waals surface area contributed by atoms with Gasteiger partial charge in [0, 0.05) is 23.7 Å². The average Bonchev–Trinajstić information content (AvgIpc) is 2.55. The van der Waals surface area contributed by atoms with Gasteiger partial charge >= 0.3 is 0 Å². The van der Waals surface area contributed by atoms with Crippen LogP contribution in [0.3, 0.4) is 0 Å². The van der Waals surface area contributed by atoms with Crippen LogP contribution in [0, 0.1) is 0 Å². The van der Waals surface area contributed by atoms with Gasteiger partial charge in [-0.05, 0) is 35.2 Å². The summed E-state index contributed by atoms with van der Waals surface area (Å²) in [6.07, 6.45) is 0.714. The molecule has 1 heterocycles. The summed E-state index contributed by atoms with van der Waals surface area (Å²) in [4.78, 5) is 2.89. The number of fused-ring (bicyclic) bond motifs is 1. The third kappa shape index (κ3) is 2.69. The molecular weight excluding hydrogens is 300 g/mol. The van der Waals surface area contributed by atoms with Crippen LogP contribution in [-0.4, -0.2) is 19.3 Å². The number of rotatable bonds is 3. The Balaban J connectivity index is 1.89. The summed E-state index contributed by atoms with van der Waals surface area (Å²) in [7, 11) is -3.54. The van der Waals surface area contributed by atoms with Gasteiger partial charge in [0.1, 0.15) is 0 Å². The van der Waals surface area contributed by atoms with Gasteiger partial charge < -0.3 is 0 Å². The Kier molecular flexibility index (Phi) is 3.85. The largest absolute Gasteiger partial charge is 0.243 e. The first-order chi connectivity index (χ1) is 10.6. The molecule has 1 aliphatic heterocycles. The fourth-order valence-electron chi connectivity index (χ4n) is 2.56. The minimum atomic E-state index is -3.54. The number of hydrogen-bond acceptors (Lipinski definition) is 3. The van der Waals surface area contributed by atoms with Gasteiger partial charge in [-0.15, -0.1) is 0 Å². The SMILES string of the molecule is [N-]=[N+]=Nc1ccc(S(=O)(=O)N2CCc3ccccc3C2)cc1. The van der Waals surface area contributed by atoms with E-state index in [9.17, 15) is 8.42 Å². The maximum Gasteiger partial charge on any atom is 0.243 e. The van der Waals surface area contributed by atoms with E-state index >= 15 is 0 Å². The van der Waals surface area contributed by atoms with Gasteiger partial charge in [0.15, 0.2) is 0 Å². The lowest BCUT2D eigenvalue weighted by atomic mass is 10.0. The molecule has 112 valence electrons. The quantitative estimate of drug-likeness (QED) is 0.494. The van der Waals surface area contributed by atoms with Crippen molar-refractivity contribution in [1.82, 2.24) is 4.31 Å². The van der Waals surface area contributed by atoms with Crippen molar-refractivity contribution in [2.75, 3.05) is 6.54 Å². The normalized spacial score (nSPS) is 14.9. The molecule has 3 rings (SSSR count). The van der Waals surface area contributed by atoms with Crippen LogP contribution in [0.25, 0.3) is 10.4 Å². The van der Waals surface area contributed by atoms with Crippen LogP contribution in [0.1, 0.15) is 11.1 Å². The summed E-state index contributed by atoms with van der Waals surface area (Å²) < 4.78 is 26.9. The molecule has 0 fully saturated rings. The lowest BCUT2D eigenvalue weighted by Crippen LogP contribution is -2.35. The highest BCUT2D eigenvalue weighted by molar-refractivity contribution is 7.89. The van der Waals surface area contributed by atoms with E-state index in [4.69, 9.17) is 5.53 Å². The first-order valence-corrected chi connectivity index (χ1v) is 8.27. The second kappa shape index (κ2) is 5.81. The molecule has 0 aliphatic carbocycles. The zero-order chi connectivity index (χ0) is 15.6. The van der Waals surface area contributed by atoms with Gasteiger partial charge in [0.25, 0.3) is 0 Å². The molecule has 7 heteroatoms. The molecule has 0 atom stereocenters. The highest BCUT2D eigenvalue weighted by atomic mass is 32.2. The smallest absolute Gasteiger partial charge is 0.207 e. The van der Waals surface area contributed by atoms with E-state index < -0.39 is 10.0 Å². The van der Waals surface area contributed by atoms with Crippen molar-refractivity contribution < 1.29 is 8.42 Å². The summed E-state index contributed by atoms with van der Waals surface area (Å²) in [5, 5.41) is 3.44. The van der Waals surface area contributed by atoms with Crippen LogP contribution >= 0.6 is 0 Å². The predicted octanol–water partition coefficient (Wildman–Crippen LogP) is 3.38. The molecule has 0 unspecified atom stereocenters. The van der Waals surface area contributed by atoms with Crippen LogP contribution in [0.15, 0.2) is 58.5 Å². The summed E-state index contributed by atoms with van der Waals surface area (Å²) >= 11 is 0. The maximum atomic E-state index is 12.7. The Hall–Kier alpha value is -2.34. The molecule has 2 aromatic rings. The number of azide groups is 1. The number of hydrogen-bond donors (Lipinski definition) is 0. The first kappa shape index (κ1) is 14.6. The molecule has 1 aliphatic rings. The number of benzene rings is 2. The zero-order valence-corrected chi connectivity index (χ0v) is 12.6. The van der Waals surface area contributed by atoms with Crippen LogP contribution in [0.4, 0.5) is 5.69 Å². The van der Waals surface area contributed by atoms with Crippen molar-refractivity contribution in [3.05, 3.63) is 70.1 Å². The summed E-state index contributed by atoms with van der Waals surface area (Å²) in [6.45, 7) is 0.855. The molecule has 0 radical (unpaired) electrons. The molecule has 22 heavy (non-hydrogen) atoms. The molecule has 0 amide bonds. The monoisotopic (exact) mass is 314 g/mol. The van der Waals surface area contributed by atoms with Crippen LogP contribution in [0.2, 0.25) is 0 Å². The third-order valence-electron chi connectivity index (χ3n) is 3.73.